The standard InChI is InChI=1S/C26H38N2O4/c1-19(20-8-10-21(11-9-20)28-23(30)13-14-24(28)31)7-12-22(29)27-17-15-26(5,6)32-18-16-25(2,3)4/h8-11,13-14,19H,7,12,15-18H2,1-6H3,(H,27,29). The molecule has 1 atom stereocenters. The van der Waals surface area contributed by atoms with Crippen molar-refractivity contribution in [1.29, 1.82) is 0 Å². The van der Waals surface area contributed by atoms with Crippen LogP contribution in [0.2, 0.25) is 0 Å². The number of hydrogen-bond donors (Lipinski definition) is 1. The van der Waals surface area contributed by atoms with Gasteiger partial charge in [0.2, 0.25) is 5.91 Å². The van der Waals surface area contributed by atoms with E-state index < -0.39 is 0 Å². The van der Waals surface area contributed by atoms with Gasteiger partial charge in [0.1, 0.15) is 0 Å². The largest absolute Gasteiger partial charge is 0.375 e. The zero-order chi connectivity index (χ0) is 23.9. The lowest BCUT2D eigenvalue weighted by molar-refractivity contribution is -0.122. The van der Waals surface area contributed by atoms with E-state index in [1.165, 1.54) is 12.2 Å². The van der Waals surface area contributed by atoms with Crippen molar-refractivity contribution in [2.75, 3.05) is 18.1 Å². The van der Waals surface area contributed by atoms with Crippen LogP contribution in [-0.4, -0.2) is 36.5 Å². The molecular formula is C26H38N2O4. The fraction of sp³-hybridized carbons (Fsp3) is 0.577. The predicted octanol–water partition coefficient (Wildman–Crippen LogP) is 4.74. The minimum absolute atomic E-state index is 0.0401. The van der Waals surface area contributed by atoms with E-state index in [1.54, 1.807) is 12.1 Å². The minimum atomic E-state index is -0.324. The SMILES string of the molecule is CC(CCC(=O)NCCC(C)(C)OCCC(C)(C)C)c1ccc(N2C(=O)C=CC2=O)cc1. The fourth-order valence-electron chi connectivity index (χ4n) is 3.42. The van der Waals surface area contributed by atoms with Gasteiger partial charge in [-0.3, -0.25) is 14.4 Å². The smallest absolute Gasteiger partial charge is 0.258 e. The van der Waals surface area contributed by atoms with Gasteiger partial charge in [0.05, 0.1) is 11.3 Å². The molecule has 3 amide bonds. The van der Waals surface area contributed by atoms with Crippen molar-refractivity contribution in [1.82, 2.24) is 5.32 Å². The second-order valence-corrected chi connectivity index (χ2v) is 10.4. The summed E-state index contributed by atoms with van der Waals surface area (Å²) in [5, 5.41) is 3.00. The van der Waals surface area contributed by atoms with Crippen LogP contribution in [0.3, 0.4) is 0 Å². The molecular weight excluding hydrogens is 404 g/mol. The summed E-state index contributed by atoms with van der Waals surface area (Å²) in [5.74, 6) is -0.418. The van der Waals surface area contributed by atoms with Crippen molar-refractivity contribution < 1.29 is 19.1 Å². The molecule has 0 bridgehead atoms. The third-order valence-electron chi connectivity index (χ3n) is 5.73. The van der Waals surface area contributed by atoms with Gasteiger partial charge in [0, 0.05) is 31.7 Å². The highest BCUT2D eigenvalue weighted by molar-refractivity contribution is 6.28. The molecule has 0 saturated heterocycles. The van der Waals surface area contributed by atoms with Crippen LogP contribution in [-0.2, 0) is 19.1 Å². The summed E-state index contributed by atoms with van der Waals surface area (Å²) in [6.07, 6.45) is 5.49. The topological polar surface area (TPSA) is 75.7 Å². The van der Waals surface area contributed by atoms with Crippen LogP contribution < -0.4 is 10.2 Å². The molecule has 0 fully saturated rings. The van der Waals surface area contributed by atoms with Crippen LogP contribution in [0, 0.1) is 5.41 Å². The van der Waals surface area contributed by atoms with Gasteiger partial charge in [-0.15, -0.1) is 0 Å². The highest BCUT2D eigenvalue weighted by Gasteiger charge is 2.25. The third kappa shape index (κ3) is 8.23. The molecule has 1 aromatic carbocycles. The maximum atomic E-state index is 12.3. The molecule has 6 heteroatoms. The number of amides is 3. The lowest BCUT2D eigenvalue weighted by Crippen LogP contribution is -2.33. The Balaban J connectivity index is 1.71. The van der Waals surface area contributed by atoms with Crippen LogP contribution in [0.5, 0.6) is 0 Å². The Hall–Kier alpha value is -2.47. The van der Waals surface area contributed by atoms with E-state index in [2.05, 4.69) is 46.9 Å². The second kappa shape index (κ2) is 10.9. The first-order valence-corrected chi connectivity index (χ1v) is 11.4. The van der Waals surface area contributed by atoms with Crippen LogP contribution in [0.4, 0.5) is 5.69 Å². The number of nitrogens with zero attached hydrogens (tertiary/aromatic N) is 1. The number of rotatable bonds is 11. The van der Waals surface area contributed by atoms with E-state index in [0.29, 0.717) is 18.7 Å². The number of nitrogens with one attached hydrogen (secondary N) is 1. The zero-order valence-corrected chi connectivity index (χ0v) is 20.4. The molecule has 1 aliphatic rings. The normalized spacial score (nSPS) is 15.4. The van der Waals surface area contributed by atoms with Crippen LogP contribution >= 0.6 is 0 Å². The summed E-state index contributed by atoms with van der Waals surface area (Å²) >= 11 is 0. The first-order chi connectivity index (χ1) is 14.9. The molecule has 0 aliphatic carbocycles. The number of carbonyl (C=O) groups excluding carboxylic acids is 3. The molecule has 32 heavy (non-hydrogen) atoms. The summed E-state index contributed by atoms with van der Waals surface area (Å²) in [6.45, 7) is 14.1. The van der Waals surface area contributed by atoms with E-state index in [9.17, 15) is 14.4 Å². The summed E-state index contributed by atoms with van der Waals surface area (Å²) < 4.78 is 6.00. The average molecular weight is 443 g/mol. The lowest BCUT2D eigenvalue weighted by Gasteiger charge is -2.28. The summed E-state index contributed by atoms with van der Waals surface area (Å²) in [7, 11) is 0. The number of imide groups is 1. The van der Waals surface area contributed by atoms with Crippen LogP contribution in [0.25, 0.3) is 0 Å². The van der Waals surface area contributed by atoms with Gasteiger partial charge in [0.15, 0.2) is 0 Å². The summed E-state index contributed by atoms with van der Waals surface area (Å²) in [5.41, 5.74) is 1.62. The highest BCUT2D eigenvalue weighted by atomic mass is 16.5. The maximum absolute atomic E-state index is 12.3. The molecule has 2 rings (SSSR count). The summed E-state index contributed by atoms with van der Waals surface area (Å²) in [4.78, 5) is 37.0. The second-order valence-electron chi connectivity index (χ2n) is 10.4. The van der Waals surface area contributed by atoms with Crippen LogP contribution in [0.1, 0.15) is 78.7 Å². The molecule has 176 valence electrons. The number of ether oxygens (including phenoxy) is 1. The van der Waals surface area contributed by atoms with E-state index in [-0.39, 0.29) is 34.7 Å². The lowest BCUT2D eigenvalue weighted by atomic mass is 9.93. The third-order valence-corrected chi connectivity index (χ3v) is 5.73. The number of hydrogen-bond acceptors (Lipinski definition) is 4. The molecule has 0 spiro atoms. The highest BCUT2D eigenvalue weighted by Crippen LogP contribution is 2.25. The number of benzene rings is 1. The van der Waals surface area contributed by atoms with Crippen molar-refractivity contribution in [2.24, 2.45) is 5.41 Å². The van der Waals surface area contributed by atoms with Crippen molar-refractivity contribution in [3.63, 3.8) is 0 Å². The Morgan fingerprint density at radius 2 is 1.59 bits per heavy atom. The maximum Gasteiger partial charge on any atom is 0.258 e. The molecule has 0 radical (unpaired) electrons. The van der Waals surface area contributed by atoms with Crippen LogP contribution in [0.15, 0.2) is 36.4 Å². The van der Waals surface area contributed by atoms with E-state index in [1.807, 2.05) is 12.1 Å². The van der Waals surface area contributed by atoms with Gasteiger partial charge < -0.3 is 10.1 Å². The Morgan fingerprint density at radius 1 is 1.00 bits per heavy atom. The van der Waals surface area contributed by atoms with Gasteiger partial charge in [-0.05, 0) is 62.1 Å². The quantitative estimate of drug-likeness (QED) is 0.502. The van der Waals surface area contributed by atoms with Crippen molar-refractivity contribution in [3.05, 3.63) is 42.0 Å². The predicted molar refractivity (Wildman–Crippen MR) is 127 cm³/mol. The van der Waals surface area contributed by atoms with Crippen molar-refractivity contribution >= 4 is 23.4 Å². The van der Waals surface area contributed by atoms with Gasteiger partial charge >= 0.3 is 0 Å². The summed E-state index contributed by atoms with van der Waals surface area (Å²) in [6, 6.07) is 7.37. The van der Waals surface area contributed by atoms with Crippen molar-refractivity contribution in [3.8, 4) is 0 Å². The molecule has 6 nitrogen and oxygen atoms in total. The Kier molecular flexibility index (Phi) is 8.79. The number of carbonyl (C=O) groups is 3. The number of anilines is 1. The zero-order valence-electron chi connectivity index (χ0n) is 20.4. The molecule has 1 N–H and O–H groups in total. The molecule has 0 aromatic heterocycles. The van der Waals surface area contributed by atoms with Gasteiger partial charge in [-0.1, -0.05) is 39.8 Å². The first kappa shape index (κ1) is 25.8. The monoisotopic (exact) mass is 442 g/mol. The molecule has 1 unspecified atom stereocenters. The molecule has 0 saturated carbocycles. The van der Waals surface area contributed by atoms with E-state index in [0.717, 1.165) is 36.3 Å². The van der Waals surface area contributed by atoms with Gasteiger partial charge in [-0.25, -0.2) is 4.90 Å². The minimum Gasteiger partial charge on any atom is -0.375 e. The Labute approximate surface area is 192 Å². The fourth-order valence-corrected chi connectivity index (χ4v) is 3.42. The first-order valence-electron chi connectivity index (χ1n) is 11.4. The Bertz CT molecular complexity index is 816. The van der Waals surface area contributed by atoms with Gasteiger partial charge in [-0.2, -0.15) is 0 Å². The average Bonchev–Trinajstić information content (AvgIpc) is 3.03. The Morgan fingerprint density at radius 3 is 2.16 bits per heavy atom. The van der Waals surface area contributed by atoms with E-state index >= 15 is 0 Å². The molecule has 1 heterocycles. The van der Waals surface area contributed by atoms with Gasteiger partial charge in [0.25, 0.3) is 11.8 Å². The molecule has 1 aliphatic heterocycles. The van der Waals surface area contributed by atoms with E-state index in [4.69, 9.17) is 4.74 Å². The molecule has 1 aromatic rings. The van der Waals surface area contributed by atoms with Crippen molar-refractivity contribution in [2.45, 2.75) is 78.7 Å².